The van der Waals surface area contributed by atoms with Gasteiger partial charge in [-0.2, -0.15) is 0 Å². The Balaban J connectivity index is 1.84. The SMILES string of the molecule is C=CCn1c(N)c(C(=O)NCc2ccco2)c2nc3ccccc3nc21. The van der Waals surface area contributed by atoms with Gasteiger partial charge in [0.2, 0.25) is 0 Å². The van der Waals surface area contributed by atoms with Crippen molar-refractivity contribution >= 4 is 33.9 Å². The van der Waals surface area contributed by atoms with E-state index in [0.29, 0.717) is 40.4 Å². The number of nitrogen functional groups attached to an aromatic ring is 1. The summed E-state index contributed by atoms with van der Waals surface area (Å²) in [5.74, 6) is 0.645. The van der Waals surface area contributed by atoms with Gasteiger partial charge in [0.25, 0.3) is 5.91 Å². The second-order valence-electron chi connectivity index (χ2n) is 5.81. The Morgan fingerprint density at radius 1 is 1.23 bits per heavy atom. The molecular formula is C19H17N5O2. The molecule has 0 aliphatic rings. The molecule has 0 unspecified atom stereocenters. The van der Waals surface area contributed by atoms with Crippen LogP contribution in [0.1, 0.15) is 16.1 Å². The van der Waals surface area contributed by atoms with Crippen LogP contribution in [-0.4, -0.2) is 20.4 Å². The lowest BCUT2D eigenvalue weighted by Crippen LogP contribution is -2.23. The van der Waals surface area contributed by atoms with E-state index in [0.717, 1.165) is 5.52 Å². The molecule has 3 aromatic heterocycles. The van der Waals surface area contributed by atoms with Crippen molar-refractivity contribution in [3.8, 4) is 0 Å². The van der Waals surface area contributed by atoms with Gasteiger partial charge in [0.1, 0.15) is 22.7 Å². The van der Waals surface area contributed by atoms with Crippen LogP contribution in [0.4, 0.5) is 5.82 Å². The fourth-order valence-electron chi connectivity index (χ4n) is 2.92. The number of para-hydroxylation sites is 2. The van der Waals surface area contributed by atoms with E-state index in [9.17, 15) is 4.79 Å². The molecule has 0 saturated carbocycles. The fourth-order valence-corrected chi connectivity index (χ4v) is 2.92. The van der Waals surface area contributed by atoms with Crippen molar-refractivity contribution < 1.29 is 9.21 Å². The number of rotatable bonds is 5. The van der Waals surface area contributed by atoms with Crippen LogP contribution in [0.25, 0.3) is 22.2 Å². The summed E-state index contributed by atoms with van der Waals surface area (Å²) in [6.45, 7) is 4.45. The minimum Gasteiger partial charge on any atom is -0.467 e. The first-order valence-corrected chi connectivity index (χ1v) is 8.15. The van der Waals surface area contributed by atoms with E-state index >= 15 is 0 Å². The maximum Gasteiger partial charge on any atom is 0.257 e. The van der Waals surface area contributed by atoms with Gasteiger partial charge in [0.05, 0.1) is 23.8 Å². The molecule has 7 nitrogen and oxygen atoms in total. The van der Waals surface area contributed by atoms with Gasteiger partial charge in [-0.25, -0.2) is 9.97 Å². The van der Waals surface area contributed by atoms with Crippen molar-refractivity contribution in [3.05, 3.63) is 66.6 Å². The second kappa shape index (κ2) is 6.36. The van der Waals surface area contributed by atoms with Crippen LogP contribution in [0.5, 0.6) is 0 Å². The maximum absolute atomic E-state index is 12.8. The highest BCUT2D eigenvalue weighted by atomic mass is 16.3. The highest BCUT2D eigenvalue weighted by Gasteiger charge is 2.23. The van der Waals surface area contributed by atoms with E-state index in [4.69, 9.17) is 10.2 Å². The lowest BCUT2D eigenvalue weighted by molar-refractivity contribution is 0.0950. The highest BCUT2D eigenvalue weighted by molar-refractivity contribution is 6.10. The average molecular weight is 347 g/mol. The van der Waals surface area contributed by atoms with Crippen molar-refractivity contribution in [1.82, 2.24) is 19.9 Å². The van der Waals surface area contributed by atoms with E-state index in [1.165, 1.54) is 0 Å². The second-order valence-corrected chi connectivity index (χ2v) is 5.81. The quantitative estimate of drug-likeness (QED) is 0.541. The van der Waals surface area contributed by atoms with Crippen LogP contribution in [0.2, 0.25) is 0 Å². The lowest BCUT2D eigenvalue weighted by atomic mass is 10.2. The van der Waals surface area contributed by atoms with Crippen LogP contribution in [0.15, 0.2) is 59.7 Å². The Kier molecular flexibility index (Phi) is 3.89. The van der Waals surface area contributed by atoms with Gasteiger partial charge >= 0.3 is 0 Å². The number of amides is 1. The number of hydrogen-bond donors (Lipinski definition) is 2. The smallest absolute Gasteiger partial charge is 0.257 e. The number of furan rings is 1. The monoisotopic (exact) mass is 347 g/mol. The number of allylic oxidation sites excluding steroid dienone is 1. The third-order valence-corrected chi connectivity index (χ3v) is 4.13. The summed E-state index contributed by atoms with van der Waals surface area (Å²) in [6.07, 6.45) is 3.26. The number of carbonyl (C=O) groups excluding carboxylic acids is 1. The van der Waals surface area contributed by atoms with Gasteiger partial charge in [-0.15, -0.1) is 6.58 Å². The molecule has 130 valence electrons. The molecule has 0 fully saturated rings. The van der Waals surface area contributed by atoms with Gasteiger partial charge in [-0.05, 0) is 24.3 Å². The minimum absolute atomic E-state index is 0.264. The normalized spacial score (nSPS) is 11.1. The molecule has 7 heteroatoms. The standard InChI is InChI=1S/C19H17N5O2/c1-2-9-24-17(20)15(19(25)21-11-12-6-5-10-26-12)16-18(24)23-14-8-4-3-7-13(14)22-16/h2-8,10H,1,9,11,20H2,(H,21,25). The first-order chi connectivity index (χ1) is 12.7. The van der Waals surface area contributed by atoms with Gasteiger partial charge in [0, 0.05) is 6.54 Å². The molecule has 0 radical (unpaired) electrons. The molecule has 0 aliphatic carbocycles. The molecule has 3 heterocycles. The zero-order valence-electron chi connectivity index (χ0n) is 14.0. The molecule has 0 bridgehead atoms. The number of fused-ring (bicyclic) bond motifs is 2. The number of benzene rings is 1. The van der Waals surface area contributed by atoms with Crippen molar-refractivity contribution in [2.24, 2.45) is 0 Å². The van der Waals surface area contributed by atoms with E-state index in [1.807, 2.05) is 24.3 Å². The Labute approximate surface area is 149 Å². The van der Waals surface area contributed by atoms with Crippen LogP contribution in [0, 0.1) is 0 Å². The van der Waals surface area contributed by atoms with E-state index < -0.39 is 0 Å². The summed E-state index contributed by atoms with van der Waals surface area (Å²) in [6, 6.07) is 11.1. The molecule has 1 amide bonds. The molecule has 4 aromatic rings. The van der Waals surface area contributed by atoms with Crippen LogP contribution in [-0.2, 0) is 13.1 Å². The summed E-state index contributed by atoms with van der Waals surface area (Å²) < 4.78 is 6.99. The van der Waals surface area contributed by atoms with Gasteiger partial charge in [0.15, 0.2) is 5.65 Å². The summed E-state index contributed by atoms with van der Waals surface area (Å²) in [7, 11) is 0. The average Bonchev–Trinajstić information content (AvgIpc) is 3.25. The van der Waals surface area contributed by atoms with Crippen molar-refractivity contribution in [2.75, 3.05) is 5.73 Å². The number of anilines is 1. The van der Waals surface area contributed by atoms with E-state index in [-0.39, 0.29) is 12.5 Å². The lowest BCUT2D eigenvalue weighted by Gasteiger charge is -2.05. The fraction of sp³-hybridized carbons (Fsp3) is 0.105. The zero-order valence-corrected chi connectivity index (χ0v) is 14.0. The largest absolute Gasteiger partial charge is 0.467 e. The first kappa shape index (κ1) is 15.9. The molecule has 1 aromatic carbocycles. The highest BCUT2D eigenvalue weighted by Crippen LogP contribution is 2.27. The summed E-state index contributed by atoms with van der Waals surface area (Å²) in [4.78, 5) is 22.1. The first-order valence-electron chi connectivity index (χ1n) is 8.15. The minimum atomic E-state index is -0.323. The zero-order chi connectivity index (χ0) is 18.1. The maximum atomic E-state index is 12.8. The Morgan fingerprint density at radius 2 is 2.00 bits per heavy atom. The Bertz CT molecular complexity index is 1110. The van der Waals surface area contributed by atoms with Crippen molar-refractivity contribution in [3.63, 3.8) is 0 Å². The molecule has 0 atom stereocenters. The molecule has 4 rings (SSSR count). The number of nitrogens with zero attached hydrogens (tertiary/aromatic N) is 3. The summed E-state index contributed by atoms with van der Waals surface area (Å²) in [5, 5.41) is 2.82. The van der Waals surface area contributed by atoms with Crippen molar-refractivity contribution in [1.29, 1.82) is 0 Å². The third kappa shape index (κ3) is 2.59. The molecule has 0 saturated heterocycles. The molecule has 26 heavy (non-hydrogen) atoms. The number of aromatic nitrogens is 3. The Morgan fingerprint density at radius 3 is 2.69 bits per heavy atom. The number of carbonyl (C=O) groups is 1. The van der Waals surface area contributed by atoms with Crippen LogP contribution in [0.3, 0.4) is 0 Å². The number of hydrogen-bond acceptors (Lipinski definition) is 5. The number of nitrogens with two attached hydrogens (primary N) is 1. The summed E-state index contributed by atoms with van der Waals surface area (Å²) >= 11 is 0. The Hall–Kier alpha value is -3.61. The predicted octanol–water partition coefficient (Wildman–Crippen LogP) is 2.88. The van der Waals surface area contributed by atoms with Gasteiger partial charge in [-0.1, -0.05) is 18.2 Å². The topological polar surface area (TPSA) is 99.0 Å². The van der Waals surface area contributed by atoms with Gasteiger partial charge < -0.3 is 20.0 Å². The van der Waals surface area contributed by atoms with Crippen molar-refractivity contribution in [2.45, 2.75) is 13.1 Å². The predicted molar refractivity (Wildman–Crippen MR) is 99.5 cm³/mol. The molecular weight excluding hydrogens is 330 g/mol. The van der Waals surface area contributed by atoms with Crippen LogP contribution < -0.4 is 11.1 Å². The third-order valence-electron chi connectivity index (χ3n) is 4.13. The number of nitrogens with one attached hydrogen (secondary N) is 1. The van der Waals surface area contributed by atoms with E-state index in [1.54, 1.807) is 29.0 Å². The van der Waals surface area contributed by atoms with Crippen LogP contribution >= 0.6 is 0 Å². The molecule has 0 aliphatic heterocycles. The van der Waals surface area contributed by atoms with E-state index in [2.05, 4.69) is 21.9 Å². The summed E-state index contributed by atoms with van der Waals surface area (Å²) in [5.41, 5.74) is 9.05. The molecule has 0 spiro atoms. The van der Waals surface area contributed by atoms with Gasteiger partial charge in [-0.3, -0.25) is 4.79 Å². The molecule has 3 N–H and O–H groups in total.